The van der Waals surface area contributed by atoms with E-state index >= 15 is 0 Å². The number of rotatable bonds is 7. The van der Waals surface area contributed by atoms with E-state index in [1.54, 1.807) is 24.0 Å². The lowest BCUT2D eigenvalue weighted by atomic mass is 10.1. The first-order valence-corrected chi connectivity index (χ1v) is 7.73. The number of carbonyl (C=O) groups excluding carboxylic acids is 2. The Morgan fingerprint density at radius 2 is 1.68 bits per heavy atom. The van der Waals surface area contributed by atoms with E-state index in [0.717, 1.165) is 12.0 Å². The molecule has 1 rings (SSSR count). The van der Waals surface area contributed by atoms with E-state index in [2.05, 4.69) is 6.92 Å². The fraction of sp³-hybridized carbons (Fsp3) is 0.529. The highest BCUT2D eigenvalue weighted by Crippen LogP contribution is 2.08. The van der Waals surface area contributed by atoms with Gasteiger partial charge in [0.25, 0.3) is 0 Å². The number of aryl methyl sites for hydroxylation is 1. The number of ether oxygens (including phenoxy) is 2. The van der Waals surface area contributed by atoms with Crippen molar-refractivity contribution in [1.29, 1.82) is 0 Å². The molecule has 5 heteroatoms. The third-order valence-corrected chi connectivity index (χ3v) is 3.37. The molecule has 0 aliphatic carbocycles. The van der Waals surface area contributed by atoms with E-state index in [9.17, 15) is 9.59 Å². The van der Waals surface area contributed by atoms with Gasteiger partial charge in [0.2, 0.25) is 0 Å². The molecule has 0 aliphatic heterocycles. The number of nitrogens with zero attached hydrogens (tertiary/aromatic N) is 1. The van der Waals surface area contributed by atoms with Crippen LogP contribution in [-0.4, -0.2) is 42.8 Å². The van der Waals surface area contributed by atoms with Crippen molar-refractivity contribution in [2.45, 2.75) is 40.2 Å². The SMILES string of the molecule is CCc1ccc(C(=O)OC(C)COC(=O)N(CC)CC)cc1. The first kappa shape index (κ1) is 18.0. The summed E-state index contributed by atoms with van der Waals surface area (Å²) in [4.78, 5) is 25.2. The summed E-state index contributed by atoms with van der Waals surface area (Å²) in [5.74, 6) is -0.408. The summed E-state index contributed by atoms with van der Waals surface area (Å²) in [5.41, 5.74) is 1.66. The van der Waals surface area contributed by atoms with Gasteiger partial charge in [-0.3, -0.25) is 0 Å². The van der Waals surface area contributed by atoms with Gasteiger partial charge in [-0.05, 0) is 44.9 Å². The van der Waals surface area contributed by atoms with Crippen LogP contribution in [0.5, 0.6) is 0 Å². The fourth-order valence-electron chi connectivity index (χ4n) is 1.92. The molecule has 1 amide bonds. The Kier molecular flexibility index (Phi) is 7.43. The smallest absolute Gasteiger partial charge is 0.409 e. The molecule has 0 aromatic heterocycles. The normalized spacial score (nSPS) is 11.6. The van der Waals surface area contributed by atoms with Crippen molar-refractivity contribution in [1.82, 2.24) is 4.90 Å². The molecule has 0 fully saturated rings. The molecule has 5 nitrogen and oxygen atoms in total. The van der Waals surface area contributed by atoms with Crippen molar-refractivity contribution in [3.8, 4) is 0 Å². The molecule has 0 heterocycles. The lowest BCUT2D eigenvalue weighted by Gasteiger charge is -2.20. The Balaban J connectivity index is 2.45. The average molecular weight is 307 g/mol. The van der Waals surface area contributed by atoms with Crippen LogP contribution < -0.4 is 0 Å². The van der Waals surface area contributed by atoms with Crippen molar-refractivity contribution in [3.63, 3.8) is 0 Å². The van der Waals surface area contributed by atoms with E-state index in [-0.39, 0.29) is 12.7 Å². The summed E-state index contributed by atoms with van der Waals surface area (Å²) < 4.78 is 10.4. The first-order valence-electron chi connectivity index (χ1n) is 7.73. The first-order chi connectivity index (χ1) is 10.5. The predicted octanol–water partition coefficient (Wildman–Crippen LogP) is 3.27. The Morgan fingerprint density at radius 1 is 1.09 bits per heavy atom. The van der Waals surface area contributed by atoms with Crippen LogP contribution in [0.4, 0.5) is 4.79 Å². The summed E-state index contributed by atoms with van der Waals surface area (Å²) in [6.07, 6.45) is 0.0469. The van der Waals surface area contributed by atoms with Gasteiger partial charge in [-0.1, -0.05) is 19.1 Å². The molecule has 1 atom stereocenters. The topological polar surface area (TPSA) is 55.8 Å². The minimum atomic E-state index is -0.488. The van der Waals surface area contributed by atoms with Crippen LogP contribution in [0.15, 0.2) is 24.3 Å². The minimum absolute atomic E-state index is 0.0497. The Morgan fingerprint density at radius 3 is 2.18 bits per heavy atom. The molecule has 1 unspecified atom stereocenters. The Labute approximate surface area is 132 Å². The molecular formula is C17H25NO4. The zero-order valence-electron chi connectivity index (χ0n) is 13.8. The number of carbonyl (C=O) groups is 2. The highest BCUT2D eigenvalue weighted by molar-refractivity contribution is 5.89. The zero-order chi connectivity index (χ0) is 16.5. The molecule has 0 saturated carbocycles. The Hall–Kier alpha value is -2.04. The van der Waals surface area contributed by atoms with Crippen molar-refractivity contribution in [2.24, 2.45) is 0 Å². The number of esters is 1. The molecule has 22 heavy (non-hydrogen) atoms. The standard InChI is InChI=1S/C17H25NO4/c1-5-14-8-10-15(11-9-14)16(19)22-13(4)12-21-17(20)18(6-2)7-3/h8-11,13H,5-7,12H2,1-4H3. The van der Waals surface area contributed by atoms with E-state index in [0.29, 0.717) is 18.7 Å². The van der Waals surface area contributed by atoms with Crippen LogP contribution in [0.3, 0.4) is 0 Å². The maximum Gasteiger partial charge on any atom is 0.409 e. The fourth-order valence-corrected chi connectivity index (χ4v) is 1.92. The maximum atomic E-state index is 12.0. The summed E-state index contributed by atoms with van der Waals surface area (Å²) >= 11 is 0. The molecule has 1 aromatic carbocycles. The molecule has 122 valence electrons. The van der Waals surface area contributed by atoms with Gasteiger partial charge in [-0.15, -0.1) is 0 Å². The van der Waals surface area contributed by atoms with Gasteiger partial charge in [0.1, 0.15) is 12.7 Å². The van der Waals surface area contributed by atoms with Crippen LogP contribution in [0.1, 0.15) is 43.6 Å². The van der Waals surface area contributed by atoms with Gasteiger partial charge in [0.15, 0.2) is 0 Å². The van der Waals surface area contributed by atoms with E-state index in [1.807, 2.05) is 26.0 Å². The third-order valence-electron chi connectivity index (χ3n) is 3.37. The number of hydrogen-bond acceptors (Lipinski definition) is 4. The van der Waals surface area contributed by atoms with Crippen molar-refractivity contribution < 1.29 is 19.1 Å². The van der Waals surface area contributed by atoms with E-state index in [1.165, 1.54) is 0 Å². The molecule has 1 aromatic rings. The second-order valence-electron chi connectivity index (χ2n) is 5.02. The molecule has 0 radical (unpaired) electrons. The van der Waals surface area contributed by atoms with Gasteiger partial charge in [0, 0.05) is 13.1 Å². The van der Waals surface area contributed by atoms with E-state index in [4.69, 9.17) is 9.47 Å². The summed E-state index contributed by atoms with van der Waals surface area (Å²) in [7, 11) is 0. The van der Waals surface area contributed by atoms with Gasteiger partial charge in [0.05, 0.1) is 5.56 Å². The lowest BCUT2D eigenvalue weighted by molar-refractivity contribution is 0.0103. The van der Waals surface area contributed by atoms with Crippen LogP contribution in [-0.2, 0) is 15.9 Å². The number of hydrogen-bond donors (Lipinski definition) is 0. The van der Waals surface area contributed by atoms with Crippen molar-refractivity contribution in [2.75, 3.05) is 19.7 Å². The summed E-state index contributed by atoms with van der Waals surface area (Å²) in [6.45, 7) is 8.75. The predicted molar refractivity (Wildman–Crippen MR) is 85.0 cm³/mol. The van der Waals surface area contributed by atoms with Crippen LogP contribution >= 0.6 is 0 Å². The average Bonchev–Trinajstić information content (AvgIpc) is 2.54. The lowest BCUT2D eigenvalue weighted by Crippen LogP contribution is -2.33. The molecule has 0 saturated heterocycles. The molecule has 0 bridgehead atoms. The van der Waals surface area contributed by atoms with Crippen LogP contribution in [0, 0.1) is 0 Å². The van der Waals surface area contributed by atoms with Crippen LogP contribution in [0.25, 0.3) is 0 Å². The number of benzene rings is 1. The van der Waals surface area contributed by atoms with Crippen molar-refractivity contribution in [3.05, 3.63) is 35.4 Å². The van der Waals surface area contributed by atoms with E-state index < -0.39 is 12.1 Å². The maximum absolute atomic E-state index is 12.0. The monoisotopic (exact) mass is 307 g/mol. The van der Waals surface area contributed by atoms with Gasteiger partial charge >= 0.3 is 12.1 Å². The van der Waals surface area contributed by atoms with Crippen molar-refractivity contribution >= 4 is 12.1 Å². The highest BCUT2D eigenvalue weighted by atomic mass is 16.6. The summed E-state index contributed by atoms with van der Waals surface area (Å²) in [5, 5.41) is 0. The molecule has 0 N–H and O–H groups in total. The minimum Gasteiger partial charge on any atom is -0.455 e. The molecule has 0 spiro atoms. The number of amides is 1. The molecular weight excluding hydrogens is 282 g/mol. The second-order valence-corrected chi connectivity index (χ2v) is 5.02. The van der Waals surface area contributed by atoms with Gasteiger partial charge in [-0.25, -0.2) is 9.59 Å². The van der Waals surface area contributed by atoms with Gasteiger partial charge in [-0.2, -0.15) is 0 Å². The second kappa shape index (κ2) is 9.07. The molecule has 0 aliphatic rings. The third kappa shape index (κ3) is 5.39. The quantitative estimate of drug-likeness (QED) is 0.725. The Bertz CT molecular complexity index is 480. The van der Waals surface area contributed by atoms with Crippen LogP contribution in [0.2, 0.25) is 0 Å². The summed E-state index contributed by atoms with van der Waals surface area (Å²) in [6, 6.07) is 7.30. The highest BCUT2D eigenvalue weighted by Gasteiger charge is 2.16. The van der Waals surface area contributed by atoms with Gasteiger partial charge < -0.3 is 14.4 Å². The largest absolute Gasteiger partial charge is 0.455 e. The zero-order valence-corrected chi connectivity index (χ0v) is 13.8.